The van der Waals surface area contributed by atoms with Crippen LogP contribution in [0.15, 0.2) is 188 Å². The molecule has 0 aliphatic carbocycles. The quantitative estimate of drug-likeness (QED) is 0.169. The minimum Gasteiger partial charge on any atom is -0.309 e. The maximum atomic E-state index is 2.42. The molecule has 1 heterocycles. The molecule has 0 saturated heterocycles. The lowest BCUT2D eigenvalue weighted by Gasteiger charge is -2.17. The van der Waals surface area contributed by atoms with E-state index in [0.29, 0.717) is 0 Å². The van der Waals surface area contributed by atoms with Gasteiger partial charge in [0.2, 0.25) is 0 Å². The molecule has 0 radical (unpaired) electrons. The first-order chi connectivity index (χ1) is 25.3. The van der Waals surface area contributed by atoms with Gasteiger partial charge in [0.05, 0.1) is 11.0 Å². The van der Waals surface area contributed by atoms with Crippen molar-refractivity contribution in [1.82, 2.24) is 4.57 Å². The fourth-order valence-electron chi connectivity index (χ4n) is 8.74. The Morgan fingerprint density at radius 1 is 0.275 bits per heavy atom. The van der Waals surface area contributed by atoms with Crippen molar-refractivity contribution < 1.29 is 0 Å². The van der Waals surface area contributed by atoms with Crippen LogP contribution in [0.1, 0.15) is 0 Å². The monoisotopic (exact) mass is 645 g/mol. The van der Waals surface area contributed by atoms with Crippen molar-refractivity contribution in [2.75, 3.05) is 0 Å². The molecule has 1 aromatic heterocycles. The number of fused-ring (bicyclic) bond motifs is 14. The highest BCUT2D eigenvalue weighted by Crippen LogP contribution is 2.45. The Bertz CT molecular complexity index is 3150. The zero-order chi connectivity index (χ0) is 33.5. The van der Waals surface area contributed by atoms with E-state index in [2.05, 4.69) is 193 Å². The number of rotatable bonds is 3. The van der Waals surface area contributed by atoms with Crippen LogP contribution in [-0.2, 0) is 0 Å². The molecule has 1 nitrogen and oxygen atoms in total. The number of hydrogen-bond acceptors (Lipinski definition) is 0. The van der Waals surface area contributed by atoms with Gasteiger partial charge in [0.25, 0.3) is 0 Å². The van der Waals surface area contributed by atoms with Gasteiger partial charge in [-0.2, -0.15) is 0 Å². The molecule has 0 fully saturated rings. The molecule has 0 unspecified atom stereocenters. The summed E-state index contributed by atoms with van der Waals surface area (Å²) in [5.41, 5.74) is 8.50. The van der Waals surface area contributed by atoms with Crippen molar-refractivity contribution in [3.05, 3.63) is 188 Å². The third kappa shape index (κ3) is 4.09. The van der Waals surface area contributed by atoms with Crippen molar-refractivity contribution in [3.8, 4) is 27.9 Å². The predicted octanol–water partition coefficient (Wildman–Crippen LogP) is 13.9. The minimum absolute atomic E-state index is 1.17. The van der Waals surface area contributed by atoms with Crippen molar-refractivity contribution >= 4 is 75.7 Å². The van der Waals surface area contributed by atoms with Crippen LogP contribution in [0.3, 0.4) is 0 Å². The highest BCUT2D eigenvalue weighted by molar-refractivity contribution is 6.39. The van der Waals surface area contributed by atoms with E-state index in [1.54, 1.807) is 0 Å². The summed E-state index contributed by atoms with van der Waals surface area (Å²) in [6.07, 6.45) is 0. The summed E-state index contributed by atoms with van der Waals surface area (Å²) < 4.78 is 2.42. The first-order valence-electron chi connectivity index (χ1n) is 17.7. The van der Waals surface area contributed by atoms with E-state index in [0.717, 1.165) is 0 Å². The van der Waals surface area contributed by atoms with Crippen LogP contribution in [0.4, 0.5) is 0 Å². The standard InChI is InChI=1S/C50H31N/c1-2-13-35(14-3-1)51-47-24-11-10-18-41(47)45-23-12-22-36(50(45)51)33-27-25-32(26-28-33)34-29-30-40-39-17-6-8-20-43(39)48-42-19-7-4-15-37(42)38-16-5-9-21-44(38)49(48)46(40)31-34/h1-31H. The SMILES string of the molecule is c1ccc(-n2c3ccccc3c3cccc(-c4ccc(-c5ccc6c7ccccc7c7c8ccccc8c8ccccc8c7c6c5)cc4)c32)cc1. The molecule has 10 aromatic carbocycles. The fourth-order valence-corrected chi connectivity index (χ4v) is 8.74. The first kappa shape index (κ1) is 28.2. The lowest BCUT2D eigenvalue weighted by molar-refractivity contribution is 1.18. The smallest absolute Gasteiger partial charge is 0.0619 e. The Balaban J connectivity index is 1.14. The van der Waals surface area contributed by atoms with Crippen LogP contribution in [0.5, 0.6) is 0 Å². The average Bonchev–Trinajstić information content (AvgIpc) is 3.55. The second-order valence-electron chi connectivity index (χ2n) is 13.6. The van der Waals surface area contributed by atoms with Crippen LogP contribution in [-0.4, -0.2) is 4.57 Å². The summed E-state index contributed by atoms with van der Waals surface area (Å²) in [6, 6.07) is 69.1. The number of aromatic nitrogens is 1. The highest BCUT2D eigenvalue weighted by atomic mass is 15.0. The molecule has 0 saturated carbocycles. The van der Waals surface area contributed by atoms with Gasteiger partial charge in [-0.3, -0.25) is 0 Å². The second-order valence-corrected chi connectivity index (χ2v) is 13.6. The molecule has 236 valence electrons. The molecule has 0 spiro atoms. The summed E-state index contributed by atoms with van der Waals surface area (Å²) in [7, 11) is 0. The summed E-state index contributed by atoms with van der Waals surface area (Å²) in [6.45, 7) is 0. The number of hydrogen-bond donors (Lipinski definition) is 0. The molecule has 0 bridgehead atoms. The molecule has 0 aliphatic rings. The molecule has 0 aliphatic heterocycles. The van der Waals surface area contributed by atoms with E-state index >= 15 is 0 Å². The minimum atomic E-state index is 1.17. The van der Waals surface area contributed by atoms with Gasteiger partial charge >= 0.3 is 0 Å². The number of benzene rings is 10. The van der Waals surface area contributed by atoms with Crippen LogP contribution < -0.4 is 0 Å². The molecule has 11 rings (SSSR count). The maximum absolute atomic E-state index is 2.42. The third-order valence-corrected chi connectivity index (χ3v) is 10.9. The fraction of sp³-hybridized carbons (Fsp3) is 0. The molecule has 1 heteroatoms. The Kier molecular flexibility index (Phi) is 6.02. The molecule has 0 atom stereocenters. The molecular weight excluding hydrogens is 615 g/mol. The maximum Gasteiger partial charge on any atom is 0.0619 e. The van der Waals surface area contributed by atoms with E-state index in [4.69, 9.17) is 0 Å². The molecular formula is C50H31N. The number of nitrogens with zero attached hydrogens (tertiary/aromatic N) is 1. The highest BCUT2D eigenvalue weighted by Gasteiger charge is 2.18. The van der Waals surface area contributed by atoms with Crippen LogP contribution >= 0.6 is 0 Å². The van der Waals surface area contributed by atoms with Gasteiger partial charge in [-0.25, -0.2) is 0 Å². The Morgan fingerprint density at radius 3 is 1.39 bits per heavy atom. The molecule has 0 N–H and O–H groups in total. The zero-order valence-corrected chi connectivity index (χ0v) is 27.8. The van der Waals surface area contributed by atoms with E-state index in [9.17, 15) is 0 Å². The van der Waals surface area contributed by atoms with Gasteiger partial charge in [0.15, 0.2) is 0 Å². The molecule has 0 amide bonds. The normalized spacial score (nSPS) is 11.9. The van der Waals surface area contributed by atoms with Gasteiger partial charge in [0.1, 0.15) is 0 Å². The van der Waals surface area contributed by atoms with Crippen molar-refractivity contribution in [2.24, 2.45) is 0 Å². The second kappa shape index (κ2) is 10.9. The van der Waals surface area contributed by atoms with E-state index in [-0.39, 0.29) is 0 Å². The molecule has 11 aromatic rings. The number of para-hydroxylation sites is 3. The Labute approximate surface area is 295 Å². The first-order valence-corrected chi connectivity index (χ1v) is 17.7. The van der Waals surface area contributed by atoms with Gasteiger partial charge < -0.3 is 4.57 Å². The van der Waals surface area contributed by atoms with Gasteiger partial charge in [0, 0.05) is 22.0 Å². The molecule has 51 heavy (non-hydrogen) atoms. The Morgan fingerprint density at radius 2 is 0.745 bits per heavy atom. The van der Waals surface area contributed by atoms with Crippen LogP contribution in [0, 0.1) is 0 Å². The average molecular weight is 646 g/mol. The van der Waals surface area contributed by atoms with Crippen molar-refractivity contribution in [2.45, 2.75) is 0 Å². The van der Waals surface area contributed by atoms with Gasteiger partial charge in [-0.1, -0.05) is 164 Å². The summed E-state index contributed by atoms with van der Waals surface area (Å²) >= 11 is 0. The predicted molar refractivity (Wildman–Crippen MR) is 219 cm³/mol. The Hall–Kier alpha value is -6.70. The summed E-state index contributed by atoms with van der Waals surface area (Å²) in [4.78, 5) is 0. The zero-order valence-electron chi connectivity index (χ0n) is 27.8. The van der Waals surface area contributed by atoms with Gasteiger partial charge in [-0.05, 0) is 94.8 Å². The van der Waals surface area contributed by atoms with Gasteiger partial charge in [-0.15, -0.1) is 0 Å². The van der Waals surface area contributed by atoms with Crippen LogP contribution in [0.25, 0.3) is 104 Å². The van der Waals surface area contributed by atoms with Crippen LogP contribution in [0.2, 0.25) is 0 Å². The summed E-state index contributed by atoms with van der Waals surface area (Å²) in [5, 5.41) is 15.6. The van der Waals surface area contributed by atoms with E-state index in [1.807, 2.05) is 0 Å². The van der Waals surface area contributed by atoms with E-state index in [1.165, 1.54) is 104 Å². The largest absolute Gasteiger partial charge is 0.309 e. The lowest BCUT2D eigenvalue weighted by Crippen LogP contribution is -1.95. The third-order valence-electron chi connectivity index (χ3n) is 10.9. The van der Waals surface area contributed by atoms with Crippen molar-refractivity contribution in [1.29, 1.82) is 0 Å². The van der Waals surface area contributed by atoms with Crippen molar-refractivity contribution in [3.63, 3.8) is 0 Å². The summed E-state index contributed by atoms with van der Waals surface area (Å²) in [5.74, 6) is 0. The lowest BCUT2D eigenvalue weighted by atomic mass is 9.86. The topological polar surface area (TPSA) is 4.93 Å². The van der Waals surface area contributed by atoms with E-state index < -0.39 is 0 Å².